The number of alkyl carbamates (subject to hydrolysis) is 1. The number of ether oxygens (including phenoxy) is 3. The summed E-state index contributed by atoms with van der Waals surface area (Å²) in [5.41, 5.74) is 0.891. The highest BCUT2D eigenvalue weighted by Gasteiger charge is 2.32. The first-order chi connectivity index (χ1) is 17.7. The maximum atomic E-state index is 13.6. The Balaban J connectivity index is 1.82. The number of benzene rings is 2. The lowest BCUT2D eigenvalue weighted by molar-refractivity contribution is 0.0642. The number of hydrogen-bond donors (Lipinski definition) is 2. The van der Waals surface area contributed by atoms with E-state index in [1.54, 1.807) is 12.1 Å². The highest BCUT2D eigenvalue weighted by molar-refractivity contribution is 7.89. The van der Waals surface area contributed by atoms with E-state index in [0.717, 1.165) is 12.0 Å². The van der Waals surface area contributed by atoms with E-state index in [1.165, 1.54) is 23.5 Å². The Hall–Kier alpha value is -2.66. The molecule has 0 aromatic heterocycles. The van der Waals surface area contributed by atoms with Crippen LogP contribution in [0, 0.1) is 5.92 Å². The number of nitrogens with one attached hydrogen (secondary N) is 1. The Morgan fingerprint density at radius 1 is 1.16 bits per heavy atom. The van der Waals surface area contributed by atoms with Crippen molar-refractivity contribution < 1.29 is 32.5 Å². The van der Waals surface area contributed by atoms with Gasteiger partial charge in [-0.15, -0.1) is 0 Å². The molecule has 4 atom stereocenters. The Morgan fingerprint density at radius 2 is 1.86 bits per heavy atom. The van der Waals surface area contributed by atoms with Crippen molar-refractivity contribution in [1.82, 2.24) is 9.62 Å². The number of aliphatic hydroxyl groups excluding tert-OH is 1. The van der Waals surface area contributed by atoms with E-state index in [-0.39, 0.29) is 30.0 Å². The zero-order valence-corrected chi connectivity index (χ0v) is 22.5. The number of sulfonamides is 1. The summed E-state index contributed by atoms with van der Waals surface area (Å²) in [6, 6.07) is 14.8. The standard InChI is InChI=1S/C27H38N2O7S/c1-4-20(2)17-29(37(32,33)24-12-10-22(34-3)11-13-24)18-26(30)25(16-21-8-6-5-7-9-21)28-27(31)36-23-14-15-35-19-23/h5-13,20,23,25-26,30H,4,14-19H2,1-3H3,(H,28,31)/t20-,23-,25-,26+/m0/s1. The average molecular weight is 535 g/mol. The summed E-state index contributed by atoms with van der Waals surface area (Å²) in [7, 11) is -2.41. The van der Waals surface area contributed by atoms with Crippen molar-refractivity contribution in [2.75, 3.05) is 33.4 Å². The fourth-order valence-corrected chi connectivity index (χ4v) is 5.65. The van der Waals surface area contributed by atoms with Crippen molar-refractivity contribution in [3.8, 4) is 5.75 Å². The molecule has 1 heterocycles. The van der Waals surface area contributed by atoms with Crippen LogP contribution in [-0.4, -0.2) is 75.6 Å². The molecule has 0 bridgehead atoms. The first-order valence-electron chi connectivity index (χ1n) is 12.6. The van der Waals surface area contributed by atoms with E-state index in [0.29, 0.717) is 31.8 Å². The summed E-state index contributed by atoms with van der Waals surface area (Å²) in [4.78, 5) is 12.8. The number of carbonyl (C=O) groups is 1. The van der Waals surface area contributed by atoms with Crippen molar-refractivity contribution in [1.29, 1.82) is 0 Å². The molecule has 0 spiro atoms. The zero-order chi connectivity index (χ0) is 26.8. The van der Waals surface area contributed by atoms with Gasteiger partial charge in [0.2, 0.25) is 10.0 Å². The summed E-state index contributed by atoms with van der Waals surface area (Å²) in [5, 5.41) is 14.1. The number of carbonyl (C=O) groups excluding carboxylic acids is 1. The summed E-state index contributed by atoms with van der Waals surface area (Å²) >= 11 is 0. The molecule has 0 unspecified atom stereocenters. The van der Waals surface area contributed by atoms with Gasteiger partial charge in [-0.05, 0) is 42.2 Å². The zero-order valence-electron chi connectivity index (χ0n) is 21.7. The topological polar surface area (TPSA) is 114 Å². The summed E-state index contributed by atoms with van der Waals surface area (Å²) < 4.78 is 44.4. The van der Waals surface area contributed by atoms with Crippen LogP contribution in [-0.2, 0) is 25.9 Å². The third-order valence-corrected chi connectivity index (χ3v) is 8.37. The number of hydrogen-bond acceptors (Lipinski definition) is 7. The minimum absolute atomic E-state index is 0.0630. The van der Waals surface area contributed by atoms with Gasteiger partial charge >= 0.3 is 6.09 Å². The van der Waals surface area contributed by atoms with Crippen molar-refractivity contribution in [2.24, 2.45) is 5.92 Å². The second-order valence-corrected chi connectivity index (χ2v) is 11.3. The van der Waals surface area contributed by atoms with Crippen LogP contribution in [0.25, 0.3) is 0 Å². The van der Waals surface area contributed by atoms with Gasteiger partial charge in [-0.1, -0.05) is 50.6 Å². The molecule has 204 valence electrons. The first kappa shape index (κ1) is 28.9. The number of rotatable bonds is 13. The Bertz CT molecular complexity index is 1070. The molecule has 1 fully saturated rings. The largest absolute Gasteiger partial charge is 0.497 e. The molecule has 1 amide bonds. The molecule has 0 saturated carbocycles. The Morgan fingerprint density at radius 3 is 2.46 bits per heavy atom. The van der Waals surface area contributed by atoms with Crippen LogP contribution in [0.1, 0.15) is 32.3 Å². The molecule has 2 aromatic carbocycles. The molecule has 1 aliphatic rings. The quantitative estimate of drug-likeness (QED) is 0.406. The van der Waals surface area contributed by atoms with E-state index in [4.69, 9.17) is 14.2 Å². The maximum Gasteiger partial charge on any atom is 0.407 e. The normalized spacial score (nSPS) is 18.2. The van der Waals surface area contributed by atoms with E-state index < -0.39 is 28.3 Å². The predicted octanol–water partition coefficient (Wildman–Crippen LogP) is 3.22. The van der Waals surface area contributed by atoms with Crippen LogP contribution in [0.2, 0.25) is 0 Å². The molecular weight excluding hydrogens is 496 g/mol. The number of aliphatic hydroxyl groups is 1. The van der Waals surface area contributed by atoms with Gasteiger partial charge in [-0.2, -0.15) is 4.31 Å². The second-order valence-electron chi connectivity index (χ2n) is 9.41. The minimum atomic E-state index is -3.92. The van der Waals surface area contributed by atoms with Gasteiger partial charge in [0, 0.05) is 19.5 Å². The summed E-state index contributed by atoms with van der Waals surface area (Å²) in [5.74, 6) is 0.610. The SMILES string of the molecule is CC[C@H](C)CN(C[C@@H](O)[C@H](Cc1ccccc1)NC(=O)O[C@H]1CCOC1)S(=O)(=O)c1ccc(OC)cc1. The van der Waals surface area contributed by atoms with Crippen LogP contribution < -0.4 is 10.1 Å². The average Bonchev–Trinajstić information content (AvgIpc) is 3.41. The monoisotopic (exact) mass is 534 g/mol. The molecule has 1 saturated heterocycles. The number of methoxy groups -OCH3 is 1. The number of nitrogens with zero attached hydrogens (tertiary/aromatic N) is 1. The first-order valence-corrected chi connectivity index (χ1v) is 14.1. The molecule has 2 aromatic rings. The van der Waals surface area contributed by atoms with Crippen molar-refractivity contribution in [2.45, 2.75) is 56.3 Å². The summed E-state index contributed by atoms with van der Waals surface area (Å²) in [6.07, 6.45) is -0.509. The van der Waals surface area contributed by atoms with Crippen LogP contribution in [0.15, 0.2) is 59.5 Å². The molecule has 2 N–H and O–H groups in total. The molecule has 0 aliphatic carbocycles. The van der Waals surface area contributed by atoms with Crippen LogP contribution in [0.4, 0.5) is 4.79 Å². The maximum absolute atomic E-state index is 13.6. The van der Waals surface area contributed by atoms with Gasteiger partial charge < -0.3 is 24.6 Å². The van der Waals surface area contributed by atoms with Crippen LogP contribution in [0.5, 0.6) is 5.75 Å². The summed E-state index contributed by atoms with van der Waals surface area (Å²) in [6.45, 7) is 4.85. The van der Waals surface area contributed by atoms with Gasteiger partial charge in [0.25, 0.3) is 0 Å². The third kappa shape index (κ3) is 8.43. The second kappa shape index (κ2) is 13.8. The fraction of sp³-hybridized carbons (Fsp3) is 0.519. The van der Waals surface area contributed by atoms with E-state index >= 15 is 0 Å². The smallest absolute Gasteiger partial charge is 0.407 e. The van der Waals surface area contributed by atoms with Crippen LogP contribution in [0.3, 0.4) is 0 Å². The fourth-order valence-electron chi connectivity index (χ4n) is 4.07. The van der Waals surface area contributed by atoms with E-state index in [9.17, 15) is 18.3 Å². The lowest BCUT2D eigenvalue weighted by atomic mass is 10.0. The Labute approximate surface area is 219 Å². The lowest BCUT2D eigenvalue weighted by Crippen LogP contribution is -2.51. The molecule has 37 heavy (non-hydrogen) atoms. The minimum Gasteiger partial charge on any atom is -0.497 e. The Kier molecular flexibility index (Phi) is 10.7. The van der Waals surface area contributed by atoms with Crippen LogP contribution >= 0.6 is 0 Å². The van der Waals surface area contributed by atoms with Gasteiger partial charge in [0.05, 0.1) is 37.4 Å². The van der Waals surface area contributed by atoms with Gasteiger partial charge in [-0.25, -0.2) is 13.2 Å². The van der Waals surface area contributed by atoms with E-state index in [2.05, 4.69) is 5.32 Å². The van der Waals surface area contributed by atoms with Gasteiger partial charge in [0.1, 0.15) is 11.9 Å². The van der Waals surface area contributed by atoms with Crippen molar-refractivity contribution >= 4 is 16.1 Å². The predicted molar refractivity (Wildman–Crippen MR) is 140 cm³/mol. The molecule has 0 radical (unpaired) electrons. The lowest BCUT2D eigenvalue weighted by Gasteiger charge is -2.31. The highest BCUT2D eigenvalue weighted by atomic mass is 32.2. The molecule has 9 nitrogen and oxygen atoms in total. The molecule has 1 aliphatic heterocycles. The van der Waals surface area contributed by atoms with Gasteiger partial charge in [-0.3, -0.25) is 0 Å². The third-order valence-electron chi connectivity index (χ3n) is 6.53. The molecule has 3 rings (SSSR count). The van der Waals surface area contributed by atoms with Crippen molar-refractivity contribution in [3.05, 3.63) is 60.2 Å². The molecule has 10 heteroatoms. The molecular formula is C27H38N2O7S. The van der Waals surface area contributed by atoms with Gasteiger partial charge in [0.15, 0.2) is 0 Å². The number of amides is 1. The van der Waals surface area contributed by atoms with Crippen molar-refractivity contribution in [3.63, 3.8) is 0 Å². The highest BCUT2D eigenvalue weighted by Crippen LogP contribution is 2.22. The van der Waals surface area contributed by atoms with E-state index in [1.807, 2.05) is 44.2 Å².